The Bertz CT molecular complexity index is 863. The van der Waals surface area contributed by atoms with Crippen LogP contribution < -0.4 is 19.9 Å². The van der Waals surface area contributed by atoms with Gasteiger partial charge in [0.25, 0.3) is 0 Å². The Hall–Kier alpha value is -2.23. The van der Waals surface area contributed by atoms with Crippen molar-refractivity contribution in [2.75, 3.05) is 63.2 Å². The molecule has 0 spiro atoms. The van der Waals surface area contributed by atoms with Gasteiger partial charge in [-0.15, -0.1) is 24.0 Å². The number of rotatable bonds is 5. The highest BCUT2D eigenvalue weighted by molar-refractivity contribution is 14.0. The second kappa shape index (κ2) is 11.4. The third-order valence-electron chi connectivity index (χ3n) is 5.90. The molecular formula is C23H33IN6O. The van der Waals surface area contributed by atoms with Gasteiger partial charge in [0.2, 0.25) is 0 Å². The highest BCUT2D eigenvalue weighted by Crippen LogP contribution is 2.22. The molecule has 0 atom stereocenters. The molecule has 1 aromatic carbocycles. The Morgan fingerprint density at radius 3 is 2.52 bits per heavy atom. The van der Waals surface area contributed by atoms with E-state index in [2.05, 4.69) is 54.3 Å². The van der Waals surface area contributed by atoms with E-state index in [0.29, 0.717) is 0 Å². The largest absolute Gasteiger partial charge is 0.497 e. The number of nitrogens with zero attached hydrogens (tertiary/aromatic N) is 5. The number of benzene rings is 1. The molecule has 0 bridgehead atoms. The highest BCUT2D eigenvalue weighted by atomic mass is 127. The van der Waals surface area contributed by atoms with Crippen molar-refractivity contribution in [3.63, 3.8) is 0 Å². The van der Waals surface area contributed by atoms with Crippen molar-refractivity contribution in [1.29, 1.82) is 0 Å². The monoisotopic (exact) mass is 536 g/mol. The lowest BCUT2D eigenvalue weighted by molar-refractivity contribution is 0.372. The topological polar surface area (TPSA) is 56.2 Å². The van der Waals surface area contributed by atoms with Crippen LogP contribution >= 0.6 is 24.0 Å². The van der Waals surface area contributed by atoms with Gasteiger partial charge in [-0.25, -0.2) is 4.98 Å². The van der Waals surface area contributed by atoms with E-state index in [0.717, 1.165) is 63.3 Å². The van der Waals surface area contributed by atoms with Gasteiger partial charge in [0.1, 0.15) is 11.6 Å². The number of hydrogen-bond donors (Lipinski definition) is 1. The van der Waals surface area contributed by atoms with Gasteiger partial charge < -0.3 is 24.8 Å². The van der Waals surface area contributed by atoms with Crippen molar-refractivity contribution in [2.24, 2.45) is 4.99 Å². The molecule has 168 valence electrons. The summed E-state index contributed by atoms with van der Waals surface area (Å²) in [4.78, 5) is 16.2. The standard InChI is InChI=1S/C23H32N6O.HI/c1-24-23(26-18-19-8-9-25-22(16-19)28-10-3-4-11-28)29-14-12-27(13-15-29)20-6-5-7-21(17-20)30-2;/h5-9,16-17H,3-4,10-15,18H2,1-2H3,(H,24,26);1H. The van der Waals surface area contributed by atoms with E-state index >= 15 is 0 Å². The normalized spacial score (nSPS) is 16.8. The molecule has 0 amide bonds. The number of halogens is 1. The fraction of sp³-hybridized carbons (Fsp3) is 0.478. The molecular weight excluding hydrogens is 503 g/mol. The average Bonchev–Trinajstić information content (AvgIpc) is 3.35. The van der Waals surface area contributed by atoms with E-state index in [1.165, 1.54) is 24.1 Å². The second-order valence-corrected chi connectivity index (χ2v) is 7.79. The maximum Gasteiger partial charge on any atom is 0.194 e. The number of hydrogen-bond acceptors (Lipinski definition) is 5. The summed E-state index contributed by atoms with van der Waals surface area (Å²) in [7, 11) is 3.57. The Morgan fingerprint density at radius 2 is 1.81 bits per heavy atom. The van der Waals surface area contributed by atoms with Gasteiger partial charge in [0.15, 0.2) is 5.96 Å². The fourth-order valence-electron chi connectivity index (χ4n) is 4.19. The van der Waals surface area contributed by atoms with E-state index in [9.17, 15) is 0 Å². The molecule has 0 radical (unpaired) electrons. The molecule has 4 rings (SSSR count). The van der Waals surface area contributed by atoms with Crippen molar-refractivity contribution < 1.29 is 4.74 Å². The molecule has 2 saturated heterocycles. The van der Waals surface area contributed by atoms with Crippen LogP contribution in [0.1, 0.15) is 18.4 Å². The van der Waals surface area contributed by atoms with Gasteiger partial charge >= 0.3 is 0 Å². The van der Waals surface area contributed by atoms with E-state index in [1.807, 2.05) is 25.4 Å². The number of guanidine groups is 1. The summed E-state index contributed by atoms with van der Waals surface area (Å²) in [5.41, 5.74) is 2.45. The summed E-state index contributed by atoms with van der Waals surface area (Å²) >= 11 is 0. The summed E-state index contributed by atoms with van der Waals surface area (Å²) in [6.45, 7) is 6.78. The minimum atomic E-state index is 0. The molecule has 2 aromatic rings. The van der Waals surface area contributed by atoms with Crippen LogP contribution in [0.2, 0.25) is 0 Å². The third-order valence-corrected chi connectivity index (χ3v) is 5.90. The van der Waals surface area contributed by atoms with E-state index in [4.69, 9.17) is 4.74 Å². The first kappa shape index (κ1) is 23.4. The smallest absolute Gasteiger partial charge is 0.194 e. The molecule has 0 aliphatic carbocycles. The predicted octanol–water partition coefficient (Wildman–Crippen LogP) is 3.21. The number of anilines is 2. The molecule has 1 N–H and O–H groups in total. The van der Waals surface area contributed by atoms with Crippen LogP contribution in [0.25, 0.3) is 0 Å². The highest BCUT2D eigenvalue weighted by Gasteiger charge is 2.20. The van der Waals surface area contributed by atoms with Crippen LogP contribution in [0.15, 0.2) is 47.6 Å². The molecule has 0 saturated carbocycles. The molecule has 0 unspecified atom stereocenters. The summed E-state index contributed by atoms with van der Waals surface area (Å²) in [6.07, 6.45) is 4.44. The fourth-order valence-corrected chi connectivity index (χ4v) is 4.19. The number of ether oxygens (including phenoxy) is 1. The Balaban J connectivity index is 0.00000272. The SMILES string of the molecule is CN=C(NCc1ccnc(N2CCCC2)c1)N1CCN(c2cccc(OC)c2)CC1.I. The second-order valence-electron chi connectivity index (χ2n) is 7.79. The number of nitrogens with one attached hydrogen (secondary N) is 1. The molecule has 2 fully saturated rings. The molecule has 2 aliphatic rings. The summed E-state index contributed by atoms with van der Waals surface area (Å²) < 4.78 is 5.36. The van der Waals surface area contributed by atoms with Crippen LogP contribution in [0.3, 0.4) is 0 Å². The lowest BCUT2D eigenvalue weighted by atomic mass is 10.2. The Kier molecular flexibility index (Phi) is 8.62. The van der Waals surface area contributed by atoms with Gasteiger partial charge in [-0.1, -0.05) is 6.07 Å². The van der Waals surface area contributed by atoms with Gasteiger partial charge in [-0.2, -0.15) is 0 Å². The molecule has 31 heavy (non-hydrogen) atoms. The lowest BCUT2D eigenvalue weighted by Gasteiger charge is -2.37. The molecule has 8 heteroatoms. The van der Waals surface area contributed by atoms with Crippen molar-refractivity contribution in [3.05, 3.63) is 48.2 Å². The molecule has 3 heterocycles. The molecule has 7 nitrogen and oxygen atoms in total. The predicted molar refractivity (Wildman–Crippen MR) is 138 cm³/mol. The van der Waals surface area contributed by atoms with Crippen LogP contribution in [-0.4, -0.2) is 69.3 Å². The van der Waals surface area contributed by atoms with Gasteiger partial charge in [0.05, 0.1) is 7.11 Å². The minimum Gasteiger partial charge on any atom is -0.497 e. The van der Waals surface area contributed by atoms with E-state index < -0.39 is 0 Å². The van der Waals surface area contributed by atoms with E-state index in [1.54, 1.807) is 7.11 Å². The zero-order chi connectivity index (χ0) is 20.8. The first-order valence-electron chi connectivity index (χ1n) is 10.8. The van der Waals surface area contributed by atoms with Crippen molar-refractivity contribution in [1.82, 2.24) is 15.2 Å². The van der Waals surface area contributed by atoms with Crippen LogP contribution in [0, 0.1) is 0 Å². The Labute approximate surface area is 202 Å². The molecule has 1 aromatic heterocycles. The van der Waals surface area contributed by atoms with Gasteiger partial charge in [0, 0.05) is 70.8 Å². The summed E-state index contributed by atoms with van der Waals surface area (Å²) in [6, 6.07) is 12.6. The molecule has 2 aliphatic heterocycles. The number of aromatic nitrogens is 1. The van der Waals surface area contributed by atoms with Gasteiger partial charge in [-0.05, 0) is 42.7 Å². The number of methoxy groups -OCH3 is 1. The average molecular weight is 536 g/mol. The van der Waals surface area contributed by atoms with Crippen LogP contribution in [0.5, 0.6) is 5.75 Å². The van der Waals surface area contributed by atoms with Crippen molar-refractivity contribution >= 4 is 41.4 Å². The van der Waals surface area contributed by atoms with Crippen LogP contribution in [0.4, 0.5) is 11.5 Å². The summed E-state index contributed by atoms with van der Waals surface area (Å²) in [5.74, 6) is 2.95. The van der Waals surface area contributed by atoms with E-state index in [-0.39, 0.29) is 24.0 Å². The lowest BCUT2D eigenvalue weighted by Crippen LogP contribution is -2.52. The number of pyridine rings is 1. The zero-order valence-electron chi connectivity index (χ0n) is 18.5. The third kappa shape index (κ3) is 5.93. The first-order valence-corrected chi connectivity index (χ1v) is 10.8. The first-order chi connectivity index (χ1) is 14.8. The van der Waals surface area contributed by atoms with Crippen LogP contribution in [-0.2, 0) is 6.54 Å². The van der Waals surface area contributed by atoms with Crippen molar-refractivity contribution in [3.8, 4) is 5.75 Å². The number of aliphatic imine (C=N–C) groups is 1. The maximum atomic E-state index is 5.36. The zero-order valence-corrected chi connectivity index (χ0v) is 20.8. The quantitative estimate of drug-likeness (QED) is 0.360. The van der Waals surface area contributed by atoms with Crippen molar-refractivity contribution in [2.45, 2.75) is 19.4 Å². The number of piperazine rings is 1. The van der Waals surface area contributed by atoms with Gasteiger partial charge in [-0.3, -0.25) is 4.99 Å². The maximum absolute atomic E-state index is 5.36. The Morgan fingerprint density at radius 1 is 1.03 bits per heavy atom. The minimum absolute atomic E-state index is 0. The summed E-state index contributed by atoms with van der Waals surface area (Å²) in [5, 5.41) is 3.54.